The third kappa shape index (κ3) is 3.68. The number of benzene rings is 1. The summed E-state index contributed by atoms with van der Waals surface area (Å²) < 4.78 is 25.3. The number of nitrogens with zero attached hydrogens (tertiary/aromatic N) is 3. The van der Waals surface area contributed by atoms with Crippen LogP contribution in [0.3, 0.4) is 0 Å². The molecule has 0 saturated carbocycles. The largest absolute Gasteiger partial charge is 0.497 e. The molecule has 2 aromatic heterocycles. The molecular weight excluding hydrogens is 335 g/mol. The number of hydrogen-bond donors (Lipinski definition) is 1. The lowest BCUT2D eigenvalue weighted by molar-refractivity contribution is 0.00863. The molecule has 0 aliphatic carbocycles. The van der Waals surface area contributed by atoms with Gasteiger partial charge in [-0.1, -0.05) is 12.1 Å². The predicted molar refractivity (Wildman–Crippen MR) is 95.6 cm³/mol. The smallest absolute Gasteiger partial charge is 0.177 e. The van der Waals surface area contributed by atoms with E-state index in [0.29, 0.717) is 31.1 Å². The van der Waals surface area contributed by atoms with Gasteiger partial charge in [0.25, 0.3) is 0 Å². The fourth-order valence-corrected chi connectivity index (χ4v) is 3.23. The number of alkyl halides is 1. The number of methoxy groups -OCH3 is 1. The summed E-state index contributed by atoms with van der Waals surface area (Å²) in [4.78, 5) is 13.8. The molecule has 0 bridgehead atoms. The molecule has 3 aromatic rings. The lowest BCUT2D eigenvalue weighted by atomic mass is 10.2. The molecule has 1 aromatic carbocycles. The number of ether oxygens (including phenoxy) is 2. The average Bonchev–Trinajstić information content (AvgIpc) is 3.23. The fourth-order valence-electron chi connectivity index (χ4n) is 3.23. The van der Waals surface area contributed by atoms with E-state index >= 15 is 0 Å². The first-order valence-electron chi connectivity index (χ1n) is 8.62. The highest BCUT2D eigenvalue weighted by atomic mass is 19.1. The van der Waals surface area contributed by atoms with E-state index in [1.54, 1.807) is 13.3 Å². The first kappa shape index (κ1) is 16.9. The molecule has 4 rings (SSSR count). The van der Waals surface area contributed by atoms with Crippen molar-refractivity contribution in [3.05, 3.63) is 54.0 Å². The van der Waals surface area contributed by atoms with Crippen molar-refractivity contribution in [1.29, 1.82) is 0 Å². The van der Waals surface area contributed by atoms with Crippen LogP contribution in [0.4, 0.5) is 4.39 Å². The van der Waals surface area contributed by atoms with Gasteiger partial charge in [-0.3, -0.25) is 4.90 Å². The van der Waals surface area contributed by atoms with Crippen molar-refractivity contribution in [2.75, 3.05) is 20.2 Å². The Morgan fingerprint density at radius 1 is 1.23 bits per heavy atom. The van der Waals surface area contributed by atoms with Crippen LogP contribution in [0.15, 0.2) is 42.6 Å². The summed E-state index contributed by atoms with van der Waals surface area (Å²) in [5, 5.41) is 0. The van der Waals surface area contributed by atoms with E-state index in [4.69, 9.17) is 9.47 Å². The highest BCUT2D eigenvalue weighted by Crippen LogP contribution is 2.21. The highest BCUT2D eigenvalue weighted by molar-refractivity contribution is 5.69. The zero-order valence-electron chi connectivity index (χ0n) is 14.6. The minimum absolute atomic E-state index is 0.248. The number of hydrogen-bond acceptors (Lipinski definition) is 5. The van der Waals surface area contributed by atoms with E-state index in [-0.39, 0.29) is 6.61 Å². The molecular formula is C19H21FN4O2. The summed E-state index contributed by atoms with van der Waals surface area (Å²) in [5.74, 6) is 1.49. The van der Waals surface area contributed by atoms with Crippen LogP contribution in [-0.4, -0.2) is 52.3 Å². The van der Waals surface area contributed by atoms with Crippen molar-refractivity contribution in [1.82, 2.24) is 19.9 Å². The quantitative estimate of drug-likeness (QED) is 0.736. The standard InChI is InChI=1S/C19H21FN4O2/c1-25-14-6-4-13(5-7-14)9-24-10-15(20)17(11-24)26-12-18-22-16-3-2-8-21-19(16)23-18/h2-8,15,17H,9-12H2,1H3,(H,21,22,23)/t15-,17+/m1/s1. The van der Waals surface area contributed by atoms with Crippen LogP contribution in [0.1, 0.15) is 11.4 Å². The van der Waals surface area contributed by atoms with Crippen molar-refractivity contribution in [2.45, 2.75) is 25.4 Å². The van der Waals surface area contributed by atoms with E-state index in [9.17, 15) is 4.39 Å². The maximum Gasteiger partial charge on any atom is 0.177 e. The number of pyridine rings is 1. The van der Waals surface area contributed by atoms with E-state index in [0.717, 1.165) is 16.8 Å². The second-order valence-corrected chi connectivity index (χ2v) is 6.47. The zero-order valence-corrected chi connectivity index (χ0v) is 14.6. The molecule has 136 valence electrons. The monoisotopic (exact) mass is 356 g/mol. The first-order chi connectivity index (χ1) is 12.7. The van der Waals surface area contributed by atoms with E-state index in [2.05, 4.69) is 19.9 Å². The second-order valence-electron chi connectivity index (χ2n) is 6.47. The summed E-state index contributed by atoms with van der Waals surface area (Å²) in [6.45, 7) is 1.88. The van der Waals surface area contributed by atoms with Gasteiger partial charge < -0.3 is 14.5 Å². The van der Waals surface area contributed by atoms with Crippen molar-refractivity contribution in [3.63, 3.8) is 0 Å². The Bertz CT molecular complexity index is 834. The summed E-state index contributed by atoms with van der Waals surface area (Å²) in [6.07, 6.45) is 0.240. The number of likely N-dealkylation sites (tertiary alicyclic amines) is 1. The van der Waals surface area contributed by atoms with E-state index in [1.165, 1.54) is 0 Å². The van der Waals surface area contributed by atoms with Crippen LogP contribution in [0.25, 0.3) is 11.2 Å². The number of aromatic amines is 1. The molecule has 0 radical (unpaired) electrons. The molecule has 0 amide bonds. The summed E-state index contributed by atoms with van der Waals surface area (Å²) in [6, 6.07) is 11.6. The number of H-pyrrole nitrogens is 1. The predicted octanol–water partition coefficient (Wildman–Crippen LogP) is 2.71. The minimum Gasteiger partial charge on any atom is -0.497 e. The van der Waals surface area contributed by atoms with Crippen molar-refractivity contribution >= 4 is 11.2 Å². The highest BCUT2D eigenvalue weighted by Gasteiger charge is 2.33. The molecule has 7 heteroatoms. The Balaban J connectivity index is 1.33. The minimum atomic E-state index is -1.00. The Morgan fingerprint density at radius 3 is 2.85 bits per heavy atom. The van der Waals surface area contributed by atoms with Gasteiger partial charge in [-0.2, -0.15) is 0 Å². The summed E-state index contributed by atoms with van der Waals surface area (Å²) in [7, 11) is 1.64. The number of rotatable bonds is 6. The third-order valence-corrected chi connectivity index (χ3v) is 4.58. The molecule has 0 unspecified atom stereocenters. The van der Waals surface area contributed by atoms with Gasteiger partial charge in [0.2, 0.25) is 0 Å². The van der Waals surface area contributed by atoms with E-state index in [1.807, 2.05) is 36.4 Å². The zero-order chi connectivity index (χ0) is 17.9. The van der Waals surface area contributed by atoms with Gasteiger partial charge in [0.1, 0.15) is 30.5 Å². The van der Waals surface area contributed by atoms with Gasteiger partial charge in [-0.15, -0.1) is 0 Å². The Morgan fingerprint density at radius 2 is 2.08 bits per heavy atom. The van der Waals surface area contributed by atoms with Crippen molar-refractivity contribution < 1.29 is 13.9 Å². The van der Waals surface area contributed by atoms with Crippen LogP contribution < -0.4 is 4.74 Å². The maximum atomic E-state index is 14.3. The molecule has 2 atom stereocenters. The average molecular weight is 356 g/mol. The van der Waals surface area contributed by atoms with Crippen LogP contribution in [-0.2, 0) is 17.9 Å². The number of aromatic nitrogens is 3. The lowest BCUT2D eigenvalue weighted by Gasteiger charge is -2.15. The number of imidazole rings is 1. The number of nitrogens with one attached hydrogen (secondary N) is 1. The Labute approximate surface area is 151 Å². The SMILES string of the molecule is COc1ccc(CN2C[C@@H](F)[C@@H](OCc3nc4ncccc4[nH]3)C2)cc1. The van der Waals surface area contributed by atoms with Crippen molar-refractivity contribution in [2.24, 2.45) is 0 Å². The first-order valence-corrected chi connectivity index (χ1v) is 8.62. The Kier molecular flexibility index (Phi) is 4.81. The lowest BCUT2D eigenvalue weighted by Crippen LogP contribution is -2.24. The summed E-state index contributed by atoms with van der Waals surface area (Å²) in [5.41, 5.74) is 2.63. The van der Waals surface area contributed by atoms with Crippen LogP contribution in [0.2, 0.25) is 0 Å². The third-order valence-electron chi connectivity index (χ3n) is 4.58. The van der Waals surface area contributed by atoms with Gasteiger partial charge in [0, 0.05) is 25.8 Å². The maximum absolute atomic E-state index is 14.3. The fraction of sp³-hybridized carbons (Fsp3) is 0.368. The molecule has 1 aliphatic rings. The second kappa shape index (κ2) is 7.39. The van der Waals surface area contributed by atoms with Crippen molar-refractivity contribution in [3.8, 4) is 5.75 Å². The molecule has 26 heavy (non-hydrogen) atoms. The van der Waals surface area contributed by atoms with Gasteiger partial charge in [0.05, 0.1) is 12.6 Å². The number of halogens is 1. The molecule has 1 saturated heterocycles. The van der Waals surface area contributed by atoms with Crippen LogP contribution in [0.5, 0.6) is 5.75 Å². The van der Waals surface area contributed by atoms with Gasteiger partial charge in [-0.05, 0) is 29.8 Å². The van der Waals surface area contributed by atoms with Gasteiger partial charge in [-0.25, -0.2) is 14.4 Å². The molecule has 1 fully saturated rings. The van der Waals surface area contributed by atoms with E-state index < -0.39 is 12.3 Å². The van der Waals surface area contributed by atoms with Gasteiger partial charge in [0.15, 0.2) is 5.65 Å². The Hall–Kier alpha value is -2.51. The summed E-state index contributed by atoms with van der Waals surface area (Å²) >= 11 is 0. The molecule has 1 N–H and O–H groups in total. The van der Waals surface area contributed by atoms with Gasteiger partial charge >= 0.3 is 0 Å². The molecule has 1 aliphatic heterocycles. The van der Waals surface area contributed by atoms with Crippen LogP contribution in [0, 0.1) is 0 Å². The molecule has 0 spiro atoms. The molecule has 3 heterocycles. The number of fused-ring (bicyclic) bond motifs is 1. The topological polar surface area (TPSA) is 63.3 Å². The normalized spacial score (nSPS) is 20.7. The van der Waals surface area contributed by atoms with Crippen LogP contribution >= 0.6 is 0 Å². The molecule has 6 nitrogen and oxygen atoms in total.